The topological polar surface area (TPSA) is 31.4 Å². The number of aryl methyl sites for hydroxylation is 1. The maximum atomic E-state index is 6.40. The Morgan fingerprint density at radius 3 is 2.46 bits per heavy atom. The van der Waals surface area contributed by atoms with Crippen LogP contribution in [-0.2, 0) is 15.8 Å². The van der Waals surface area contributed by atoms with Gasteiger partial charge in [0.05, 0.1) is 23.4 Å². The van der Waals surface area contributed by atoms with Gasteiger partial charge in [-0.1, -0.05) is 51.1 Å². The van der Waals surface area contributed by atoms with Gasteiger partial charge in [0.2, 0.25) is 0 Å². The predicted octanol–water partition coefficient (Wildman–Crippen LogP) is 6.85. The minimum Gasteiger partial charge on any atom is -0.417 e. The third-order valence-electron chi connectivity index (χ3n) is 5.46. The van der Waals surface area contributed by atoms with Crippen LogP contribution in [0.25, 0.3) is 6.08 Å². The lowest BCUT2D eigenvalue weighted by Gasteiger charge is -2.36. The first-order valence-electron chi connectivity index (χ1n) is 9.98. The van der Waals surface area contributed by atoms with Crippen LogP contribution in [0, 0.1) is 6.92 Å². The number of hydrogen-bond acceptors (Lipinski definition) is 4. The molecule has 2 rings (SSSR count). The molecule has 0 fully saturated rings. The van der Waals surface area contributed by atoms with Gasteiger partial charge in [0.1, 0.15) is 0 Å². The number of hydrogen-bond donors (Lipinski definition) is 0. The second kappa shape index (κ2) is 9.97. The van der Waals surface area contributed by atoms with E-state index in [1.54, 1.807) is 11.3 Å². The van der Waals surface area contributed by atoms with Crippen LogP contribution in [0.5, 0.6) is 0 Å². The molecule has 1 atom stereocenters. The molecular weight excluding hydrogens is 382 g/mol. The van der Waals surface area contributed by atoms with Crippen LogP contribution in [0.4, 0.5) is 0 Å². The molecule has 0 aliphatic heterocycles. The van der Waals surface area contributed by atoms with Crippen molar-refractivity contribution in [2.24, 2.45) is 0 Å². The van der Waals surface area contributed by atoms with E-state index >= 15 is 0 Å². The van der Waals surface area contributed by atoms with Crippen molar-refractivity contribution in [2.75, 3.05) is 6.61 Å². The maximum Gasteiger partial charge on any atom is 0.191 e. The lowest BCUT2D eigenvalue weighted by molar-refractivity contribution is 0.0489. The van der Waals surface area contributed by atoms with Crippen molar-refractivity contribution in [3.05, 3.63) is 57.6 Å². The molecule has 0 aliphatic rings. The monoisotopic (exact) mass is 417 g/mol. The fourth-order valence-corrected chi connectivity index (χ4v) is 4.26. The molecule has 0 unspecified atom stereocenters. The number of thiazole rings is 1. The molecule has 0 amide bonds. The van der Waals surface area contributed by atoms with Crippen LogP contribution < -0.4 is 0 Å². The lowest BCUT2D eigenvalue weighted by atomic mass is 10.1. The van der Waals surface area contributed by atoms with E-state index in [0.29, 0.717) is 6.61 Å². The zero-order valence-corrected chi connectivity index (χ0v) is 20.2. The summed E-state index contributed by atoms with van der Waals surface area (Å²) in [6, 6.07) is 10.3. The van der Waals surface area contributed by atoms with Crippen LogP contribution in [0.1, 0.15) is 50.4 Å². The Balaban J connectivity index is 2.05. The molecule has 0 spiro atoms. The highest BCUT2D eigenvalue weighted by Gasteiger charge is 2.37. The highest BCUT2D eigenvalue weighted by atomic mass is 32.1. The van der Waals surface area contributed by atoms with E-state index in [1.807, 2.05) is 13.0 Å². The summed E-state index contributed by atoms with van der Waals surface area (Å²) in [4.78, 5) is 4.57. The summed E-state index contributed by atoms with van der Waals surface area (Å²) in [6.07, 6.45) is 3.02. The molecule has 1 aromatic carbocycles. The van der Waals surface area contributed by atoms with Gasteiger partial charge in [-0.05, 0) is 55.6 Å². The maximum absolute atomic E-state index is 6.40. The average Bonchev–Trinajstić information content (AvgIpc) is 3.02. The number of ether oxygens (including phenoxy) is 1. The molecule has 0 N–H and O–H groups in total. The second-order valence-corrected chi connectivity index (χ2v) is 14.7. The Bertz CT molecular complexity index is 762. The fourth-order valence-electron chi connectivity index (χ4n) is 2.62. The van der Waals surface area contributed by atoms with Crippen LogP contribution in [0.15, 0.2) is 41.3 Å². The molecule has 3 nitrogen and oxygen atoms in total. The van der Waals surface area contributed by atoms with Gasteiger partial charge in [-0.25, -0.2) is 4.98 Å². The molecule has 0 aliphatic carbocycles. The molecule has 2 aromatic rings. The molecule has 0 bridgehead atoms. The average molecular weight is 418 g/mol. The highest BCUT2D eigenvalue weighted by Crippen LogP contribution is 2.36. The Morgan fingerprint density at radius 2 is 1.89 bits per heavy atom. The first-order valence-corrected chi connectivity index (χ1v) is 13.8. The van der Waals surface area contributed by atoms with Crippen molar-refractivity contribution in [1.29, 1.82) is 0 Å². The minimum atomic E-state index is -1.75. The standard InChI is InChI=1S/C23H35NO2SSi/c1-18(15-21-17-27-19(2)24-21)22(25-16-20-11-9-8-10-12-20)13-14-26-28(6,7)23(3,4)5/h8-12,15,17,22H,13-14,16H2,1-7H3/t22-/m0/s1. The molecule has 154 valence electrons. The van der Waals surface area contributed by atoms with E-state index < -0.39 is 8.32 Å². The number of nitrogens with zero attached hydrogens (tertiary/aromatic N) is 1. The Morgan fingerprint density at radius 1 is 1.21 bits per heavy atom. The predicted molar refractivity (Wildman–Crippen MR) is 123 cm³/mol. The number of aromatic nitrogens is 1. The van der Waals surface area contributed by atoms with Gasteiger partial charge in [0.25, 0.3) is 0 Å². The molecule has 28 heavy (non-hydrogen) atoms. The molecule has 5 heteroatoms. The normalized spacial score (nSPS) is 14.3. The zero-order valence-electron chi connectivity index (χ0n) is 18.4. The number of rotatable bonds is 9. The van der Waals surface area contributed by atoms with Gasteiger partial charge in [-0.3, -0.25) is 0 Å². The highest BCUT2D eigenvalue weighted by molar-refractivity contribution is 7.09. The van der Waals surface area contributed by atoms with Gasteiger partial charge >= 0.3 is 0 Å². The summed E-state index contributed by atoms with van der Waals surface area (Å²) in [6.45, 7) is 16.9. The first-order chi connectivity index (χ1) is 13.1. The Hall–Kier alpha value is -1.27. The van der Waals surface area contributed by atoms with E-state index in [1.165, 1.54) is 11.1 Å². The number of benzene rings is 1. The third kappa shape index (κ3) is 6.96. The van der Waals surface area contributed by atoms with Gasteiger partial charge < -0.3 is 9.16 Å². The van der Waals surface area contributed by atoms with Crippen molar-refractivity contribution in [1.82, 2.24) is 4.98 Å². The molecule has 0 saturated heterocycles. The van der Waals surface area contributed by atoms with E-state index in [4.69, 9.17) is 9.16 Å². The smallest absolute Gasteiger partial charge is 0.191 e. The van der Waals surface area contributed by atoms with Gasteiger partial charge in [0.15, 0.2) is 8.32 Å². The van der Waals surface area contributed by atoms with Gasteiger partial charge in [-0.15, -0.1) is 11.3 Å². The zero-order chi connectivity index (χ0) is 20.8. The van der Waals surface area contributed by atoms with Crippen molar-refractivity contribution in [3.63, 3.8) is 0 Å². The summed E-state index contributed by atoms with van der Waals surface area (Å²) in [5, 5.41) is 3.40. The molecule has 0 saturated carbocycles. The molecule has 1 aromatic heterocycles. The van der Waals surface area contributed by atoms with Crippen LogP contribution in [0.2, 0.25) is 18.1 Å². The summed E-state index contributed by atoms with van der Waals surface area (Å²) < 4.78 is 12.7. The quantitative estimate of drug-likeness (QED) is 0.418. The van der Waals surface area contributed by atoms with Crippen molar-refractivity contribution in [2.45, 2.75) is 71.9 Å². The molecule has 0 radical (unpaired) electrons. The Labute approximate surface area is 175 Å². The largest absolute Gasteiger partial charge is 0.417 e. The van der Waals surface area contributed by atoms with Crippen LogP contribution >= 0.6 is 11.3 Å². The fraction of sp³-hybridized carbons (Fsp3) is 0.522. The van der Waals surface area contributed by atoms with Gasteiger partial charge in [0, 0.05) is 12.0 Å². The van der Waals surface area contributed by atoms with E-state index in [-0.39, 0.29) is 11.1 Å². The van der Waals surface area contributed by atoms with Crippen molar-refractivity contribution in [3.8, 4) is 0 Å². The summed E-state index contributed by atoms with van der Waals surface area (Å²) in [5.41, 5.74) is 3.40. The van der Waals surface area contributed by atoms with E-state index in [9.17, 15) is 0 Å². The summed E-state index contributed by atoms with van der Waals surface area (Å²) >= 11 is 1.68. The molecule has 1 heterocycles. The van der Waals surface area contributed by atoms with Crippen molar-refractivity contribution < 1.29 is 9.16 Å². The minimum absolute atomic E-state index is 0.0204. The first kappa shape index (κ1) is 23.0. The second-order valence-electron chi connectivity index (χ2n) is 8.86. The Kier molecular flexibility index (Phi) is 8.19. The van der Waals surface area contributed by atoms with Gasteiger partial charge in [-0.2, -0.15) is 0 Å². The lowest BCUT2D eigenvalue weighted by Crippen LogP contribution is -2.41. The summed E-state index contributed by atoms with van der Waals surface area (Å²) in [7, 11) is -1.75. The molecular formula is C23H35NO2SSi. The van der Waals surface area contributed by atoms with Crippen LogP contribution in [0.3, 0.4) is 0 Å². The van der Waals surface area contributed by atoms with E-state index in [2.05, 4.69) is 81.5 Å². The van der Waals surface area contributed by atoms with Crippen LogP contribution in [-0.4, -0.2) is 26.0 Å². The van der Waals surface area contributed by atoms with E-state index in [0.717, 1.165) is 23.7 Å². The summed E-state index contributed by atoms with van der Waals surface area (Å²) in [5.74, 6) is 0. The third-order valence-corrected chi connectivity index (χ3v) is 10.8. The SMILES string of the molecule is CC(=Cc1csc(C)n1)[C@H](CCO[Si](C)(C)C(C)(C)C)OCc1ccccc1. The van der Waals surface area contributed by atoms with Crippen molar-refractivity contribution >= 4 is 25.7 Å².